The zero-order chi connectivity index (χ0) is 10.5. The van der Waals surface area contributed by atoms with E-state index >= 15 is 0 Å². The number of aryl methyl sites for hydroxylation is 2. The van der Waals surface area contributed by atoms with Crippen molar-refractivity contribution < 1.29 is 4.42 Å². The summed E-state index contributed by atoms with van der Waals surface area (Å²) in [4.78, 5) is 1.40. The molecular weight excluding hydrogens is 232 g/mol. The topological polar surface area (TPSA) is 38.9 Å². The Bertz CT molecular complexity index is 399. The van der Waals surface area contributed by atoms with Gasteiger partial charge in [0.25, 0.3) is 0 Å². The van der Waals surface area contributed by atoms with Gasteiger partial charge < -0.3 is 4.42 Å². The fourth-order valence-electron chi connectivity index (χ4n) is 1.31. The molecule has 0 amide bonds. The Balaban J connectivity index is 1.78. The SMILES string of the molecule is ClCc1nnc(CCCc2cccs2)o1. The third kappa shape index (κ3) is 3.04. The summed E-state index contributed by atoms with van der Waals surface area (Å²) in [5, 5.41) is 9.80. The summed E-state index contributed by atoms with van der Waals surface area (Å²) in [6.07, 6.45) is 2.92. The number of rotatable bonds is 5. The number of aromatic nitrogens is 2. The molecule has 0 atom stereocenters. The van der Waals surface area contributed by atoms with E-state index < -0.39 is 0 Å². The highest BCUT2D eigenvalue weighted by atomic mass is 35.5. The predicted molar refractivity (Wildman–Crippen MR) is 60.2 cm³/mol. The van der Waals surface area contributed by atoms with Gasteiger partial charge >= 0.3 is 0 Å². The molecule has 0 fully saturated rings. The van der Waals surface area contributed by atoms with E-state index in [4.69, 9.17) is 16.0 Å². The second kappa shape index (κ2) is 5.28. The average molecular weight is 243 g/mol. The lowest BCUT2D eigenvalue weighted by atomic mass is 10.2. The van der Waals surface area contributed by atoms with Crippen LogP contribution in [0.3, 0.4) is 0 Å². The summed E-state index contributed by atoms with van der Waals surface area (Å²) in [6, 6.07) is 4.21. The molecule has 0 aliphatic heterocycles. The standard InChI is InChI=1S/C10H11ClN2OS/c11-7-10-13-12-9(14-10)5-1-3-8-4-2-6-15-8/h2,4,6H,1,3,5,7H2. The zero-order valence-electron chi connectivity index (χ0n) is 8.15. The third-order valence-electron chi connectivity index (χ3n) is 2.02. The van der Waals surface area contributed by atoms with Crippen molar-refractivity contribution >= 4 is 22.9 Å². The van der Waals surface area contributed by atoms with Crippen LogP contribution in [-0.4, -0.2) is 10.2 Å². The molecule has 0 radical (unpaired) electrons. The predicted octanol–water partition coefficient (Wildman–Crippen LogP) is 3.05. The molecule has 0 aliphatic carbocycles. The van der Waals surface area contributed by atoms with E-state index in [1.165, 1.54) is 4.88 Å². The van der Waals surface area contributed by atoms with Crippen LogP contribution in [0.2, 0.25) is 0 Å². The molecular formula is C10H11ClN2OS. The highest BCUT2D eigenvalue weighted by Gasteiger charge is 2.04. The molecule has 0 bridgehead atoms. The molecule has 80 valence electrons. The molecule has 5 heteroatoms. The fraction of sp³-hybridized carbons (Fsp3) is 0.400. The maximum atomic E-state index is 5.56. The van der Waals surface area contributed by atoms with Crippen LogP contribution in [0, 0.1) is 0 Å². The first-order valence-electron chi connectivity index (χ1n) is 4.78. The Kier molecular flexibility index (Phi) is 3.75. The second-order valence-corrected chi connectivity index (χ2v) is 4.46. The summed E-state index contributed by atoms with van der Waals surface area (Å²) in [7, 11) is 0. The number of hydrogen-bond acceptors (Lipinski definition) is 4. The van der Waals surface area contributed by atoms with Gasteiger partial charge in [-0.05, 0) is 24.3 Å². The quantitative estimate of drug-likeness (QED) is 0.757. The monoisotopic (exact) mass is 242 g/mol. The maximum Gasteiger partial charge on any atom is 0.231 e. The lowest BCUT2D eigenvalue weighted by molar-refractivity contribution is 0.458. The van der Waals surface area contributed by atoms with Crippen LogP contribution in [-0.2, 0) is 18.7 Å². The average Bonchev–Trinajstić information content (AvgIpc) is 2.88. The van der Waals surface area contributed by atoms with Crippen molar-refractivity contribution in [2.24, 2.45) is 0 Å². The molecule has 2 aromatic rings. The number of alkyl halides is 1. The van der Waals surface area contributed by atoms with Crippen LogP contribution in [0.5, 0.6) is 0 Å². The van der Waals surface area contributed by atoms with Crippen molar-refractivity contribution in [1.29, 1.82) is 0 Å². The van der Waals surface area contributed by atoms with Crippen LogP contribution in [0.25, 0.3) is 0 Å². The number of thiophene rings is 1. The third-order valence-corrected chi connectivity index (χ3v) is 3.18. The summed E-state index contributed by atoms with van der Waals surface area (Å²) >= 11 is 7.34. The van der Waals surface area contributed by atoms with E-state index in [1.54, 1.807) is 11.3 Å². The Hall–Kier alpha value is -0.870. The largest absolute Gasteiger partial charge is 0.424 e. The van der Waals surface area contributed by atoms with Gasteiger partial charge in [0.05, 0.1) is 0 Å². The van der Waals surface area contributed by atoms with Crippen molar-refractivity contribution in [3.63, 3.8) is 0 Å². The molecule has 0 saturated carbocycles. The maximum absolute atomic E-state index is 5.56. The van der Waals surface area contributed by atoms with Gasteiger partial charge in [-0.15, -0.1) is 33.1 Å². The Morgan fingerprint density at radius 3 is 2.80 bits per heavy atom. The van der Waals surface area contributed by atoms with Crippen molar-refractivity contribution in [3.8, 4) is 0 Å². The van der Waals surface area contributed by atoms with E-state index in [1.807, 2.05) is 0 Å². The minimum absolute atomic E-state index is 0.290. The molecule has 0 spiro atoms. The summed E-state index contributed by atoms with van der Waals surface area (Å²) in [5.74, 6) is 1.47. The fourth-order valence-corrected chi connectivity index (χ4v) is 2.17. The van der Waals surface area contributed by atoms with Crippen LogP contribution >= 0.6 is 22.9 Å². The first-order valence-corrected chi connectivity index (χ1v) is 6.19. The molecule has 2 heterocycles. The summed E-state index contributed by atoms with van der Waals surface area (Å²) < 4.78 is 5.30. The van der Waals surface area contributed by atoms with Crippen molar-refractivity contribution in [1.82, 2.24) is 10.2 Å². The number of hydrogen-bond donors (Lipinski definition) is 0. The van der Waals surface area contributed by atoms with E-state index in [2.05, 4.69) is 27.7 Å². The molecule has 15 heavy (non-hydrogen) atoms. The zero-order valence-corrected chi connectivity index (χ0v) is 9.72. The lowest BCUT2D eigenvalue weighted by Gasteiger charge is -1.94. The molecule has 0 aromatic carbocycles. The minimum Gasteiger partial charge on any atom is -0.424 e. The van der Waals surface area contributed by atoms with Crippen molar-refractivity contribution in [2.45, 2.75) is 25.1 Å². The van der Waals surface area contributed by atoms with Gasteiger partial charge in [-0.2, -0.15) is 0 Å². The highest BCUT2D eigenvalue weighted by Crippen LogP contribution is 2.13. The first kappa shape index (κ1) is 10.6. The van der Waals surface area contributed by atoms with Gasteiger partial charge in [-0.25, -0.2) is 0 Å². The minimum atomic E-state index is 0.290. The molecule has 2 aromatic heterocycles. The van der Waals surface area contributed by atoms with E-state index in [9.17, 15) is 0 Å². The molecule has 0 saturated heterocycles. The number of nitrogens with zero attached hydrogens (tertiary/aromatic N) is 2. The van der Waals surface area contributed by atoms with E-state index in [0.29, 0.717) is 11.8 Å². The van der Waals surface area contributed by atoms with Crippen molar-refractivity contribution in [2.75, 3.05) is 0 Å². The van der Waals surface area contributed by atoms with Gasteiger partial charge in [0.15, 0.2) is 0 Å². The summed E-state index contributed by atoms with van der Waals surface area (Å²) in [5.41, 5.74) is 0. The Labute approximate surface area is 97.1 Å². The second-order valence-electron chi connectivity index (χ2n) is 3.16. The van der Waals surface area contributed by atoms with Gasteiger partial charge in [-0.3, -0.25) is 0 Å². The van der Waals surface area contributed by atoms with E-state index in [0.717, 1.165) is 19.3 Å². The van der Waals surface area contributed by atoms with E-state index in [-0.39, 0.29) is 5.88 Å². The van der Waals surface area contributed by atoms with Crippen LogP contribution in [0.1, 0.15) is 23.1 Å². The first-order chi connectivity index (χ1) is 7.38. The van der Waals surface area contributed by atoms with Gasteiger partial charge in [-0.1, -0.05) is 6.07 Å². The molecule has 0 N–H and O–H groups in total. The normalized spacial score (nSPS) is 10.7. The van der Waals surface area contributed by atoms with Gasteiger partial charge in [0.2, 0.25) is 11.8 Å². The lowest BCUT2D eigenvalue weighted by Crippen LogP contribution is -1.88. The van der Waals surface area contributed by atoms with Gasteiger partial charge in [0, 0.05) is 11.3 Å². The Morgan fingerprint density at radius 2 is 2.13 bits per heavy atom. The molecule has 2 rings (SSSR count). The Morgan fingerprint density at radius 1 is 1.27 bits per heavy atom. The molecule has 0 aliphatic rings. The smallest absolute Gasteiger partial charge is 0.231 e. The van der Waals surface area contributed by atoms with Gasteiger partial charge in [0.1, 0.15) is 5.88 Å². The van der Waals surface area contributed by atoms with Crippen LogP contribution < -0.4 is 0 Å². The van der Waals surface area contributed by atoms with Crippen LogP contribution in [0.4, 0.5) is 0 Å². The summed E-state index contributed by atoms with van der Waals surface area (Å²) in [6.45, 7) is 0. The molecule has 3 nitrogen and oxygen atoms in total. The van der Waals surface area contributed by atoms with Crippen molar-refractivity contribution in [3.05, 3.63) is 34.2 Å². The highest BCUT2D eigenvalue weighted by molar-refractivity contribution is 7.09. The van der Waals surface area contributed by atoms with Crippen LogP contribution in [0.15, 0.2) is 21.9 Å². The molecule has 0 unspecified atom stereocenters. The number of halogens is 1.